The molecule has 102 valence electrons. The summed E-state index contributed by atoms with van der Waals surface area (Å²) in [6.45, 7) is 7.45. The fourth-order valence-corrected chi connectivity index (χ4v) is 2.46. The summed E-state index contributed by atoms with van der Waals surface area (Å²) >= 11 is 3.39. The molecule has 0 bridgehead atoms. The molecule has 0 aliphatic rings. The lowest BCUT2D eigenvalue weighted by Crippen LogP contribution is -2.34. The Labute approximate surface area is 117 Å². The average molecular weight is 318 g/mol. The molecule has 1 rings (SSSR count). The lowest BCUT2D eigenvalue weighted by molar-refractivity contribution is 0.0309. The van der Waals surface area contributed by atoms with Gasteiger partial charge in [-0.3, -0.25) is 0 Å². The largest absolute Gasteiger partial charge is 0.377 e. The summed E-state index contributed by atoms with van der Waals surface area (Å²) in [6, 6.07) is 4.91. The molecule has 0 saturated heterocycles. The molecule has 1 N–H and O–H groups in total. The maximum absolute atomic E-state index is 14.0. The molecule has 2 atom stereocenters. The summed E-state index contributed by atoms with van der Waals surface area (Å²) < 4.78 is 20.6. The smallest absolute Gasteiger partial charge is 0.128 e. The molecule has 4 heteroatoms. The van der Waals surface area contributed by atoms with Gasteiger partial charge >= 0.3 is 0 Å². The summed E-state index contributed by atoms with van der Waals surface area (Å²) in [5, 5.41) is 3.32. The van der Waals surface area contributed by atoms with Crippen molar-refractivity contribution in [1.29, 1.82) is 0 Å². The Morgan fingerprint density at radius 3 is 2.61 bits per heavy atom. The molecule has 2 unspecified atom stereocenters. The number of nitrogens with one attached hydrogen (secondary N) is 1. The number of rotatable bonds is 7. The number of hydrogen-bond acceptors (Lipinski definition) is 2. The minimum absolute atomic E-state index is 0.0150. The van der Waals surface area contributed by atoms with E-state index in [0.717, 1.165) is 17.4 Å². The third-order valence-corrected chi connectivity index (χ3v) is 3.37. The maximum Gasteiger partial charge on any atom is 0.128 e. The van der Waals surface area contributed by atoms with Crippen molar-refractivity contribution in [2.75, 3.05) is 13.2 Å². The molecule has 0 saturated carbocycles. The standard InChI is InChI=1S/C14H21BrFNO/c1-4-13(18-6-3)14(17-5-2)11-9-10(15)7-8-12(11)16/h7-9,13-14,17H,4-6H2,1-3H3. The lowest BCUT2D eigenvalue weighted by atomic mass is 9.99. The summed E-state index contributed by atoms with van der Waals surface area (Å²) in [5.41, 5.74) is 0.659. The highest BCUT2D eigenvalue weighted by Crippen LogP contribution is 2.27. The van der Waals surface area contributed by atoms with Gasteiger partial charge in [-0.25, -0.2) is 4.39 Å². The van der Waals surface area contributed by atoms with Gasteiger partial charge in [0, 0.05) is 16.6 Å². The van der Waals surface area contributed by atoms with Crippen LogP contribution in [0.15, 0.2) is 22.7 Å². The first-order valence-corrected chi connectivity index (χ1v) is 7.23. The van der Waals surface area contributed by atoms with Crippen LogP contribution in [-0.2, 0) is 4.74 Å². The highest BCUT2D eigenvalue weighted by Gasteiger charge is 2.24. The van der Waals surface area contributed by atoms with Gasteiger partial charge in [-0.2, -0.15) is 0 Å². The molecular formula is C14H21BrFNO. The Morgan fingerprint density at radius 1 is 1.33 bits per heavy atom. The van der Waals surface area contributed by atoms with Crippen molar-refractivity contribution >= 4 is 15.9 Å². The van der Waals surface area contributed by atoms with E-state index in [9.17, 15) is 4.39 Å². The Balaban J connectivity index is 3.05. The van der Waals surface area contributed by atoms with Crippen molar-refractivity contribution in [3.63, 3.8) is 0 Å². The fraction of sp³-hybridized carbons (Fsp3) is 0.571. The van der Waals surface area contributed by atoms with Gasteiger partial charge in [0.25, 0.3) is 0 Å². The van der Waals surface area contributed by atoms with Crippen LogP contribution < -0.4 is 5.32 Å². The van der Waals surface area contributed by atoms with Crippen LogP contribution in [0.25, 0.3) is 0 Å². The number of halogens is 2. The van der Waals surface area contributed by atoms with Crippen LogP contribution in [0.3, 0.4) is 0 Å². The second-order valence-electron chi connectivity index (χ2n) is 4.10. The van der Waals surface area contributed by atoms with Gasteiger partial charge < -0.3 is 10.1 Å². The van der Waals surface area contributed by atoms with Crippen LogP contribution in [0.1, 0.15) is 38.8 Å². The molecule has 0 fully saturated rings. The highest BCUT2D eigenvalue weighted by molar-refractivity contribution is 9.10. The van der Waals surface area contributed by atoms with Gasteiger partial charge in [-0.1, -0.05) is 29.8 Å². The molecule has 0 heterocycles. The zero-order chi connectivity index (χ0) is 13.5. The fourth-order valence-electron chi connectivity index (χ4n) is 2.08. The first-order chi connectivity index (χ1) is 8.63. The van der Waals surface area contributed by atoms with E-state index in [0.29, 0.717) is 12.2 Å². The molecule has 0 spiro atoms. The second-order valence-corrected chi connectivity index (χ2v) is 5.02. The van der Waals surface area contributed by atoms with E-state index in [4.69, 9.17) is 4.74 Å². The molecule has 18 heavy (non-hydrogen) atoms. The topological polar surface area (TPSA) is 21.3 Å². The van der Waals surface area contributed by atoms with Crippen LogP contribution in [0.2, 0.25) is 0 Å². The van der Waals surface area contributed by atoms with Crippen molar-refractivity contribution in [1.82, 2.24) is 5.32 Å². The second kappa shape index (κ2) is 7.87. The van der Waals surface area contributed by atoms with E-state index in [1.807, 2.05) is 19.9 Å². The van der Waals surface area contributed by atoms with Gasteiger partial charge in [0.2, 0.25) is 0 Å². The zero-order valence-corrected chi connectivity index (χ0v) is 12.8. The molecule has 0 amide bonds. The van der Waals surface area contributed by atoms with E-state index < -0.39 is 0 Å². The molecule has 0 aliphatic carbocycles. The first-order valence-electron chi connectivity index (χ1n) is 6.43. The zero-order valence-electron chi connectivity index (χ0n) is 11.2. The molecule has 0 aromatic heterocycles. The van der Waals surface area contributed by atoms with E-state index in [1.165, 1.54) is 6.07 Å². The van der Waals surface area contributed by atoms with Crippen LogP contribution in [0.5, 0.6) is 0 Å². The van der Waals surface area contributed by atoms with Crippen molar-refractivity contribution in [2.24, 2.45) is 0 Å². The lowest BCUT2D eigenvalue weighted by Gasteiger charge is -2.27. The summed E-state index contributed by atoms with van der Waals surface area (Å²) in [5.74, 6) is -0.192. The van der Waals surface area contributed by atoms with Crippen LogP contribution >= 0.6 is 15.9 Å². The Kier molecular flexibility index (Phi) is 6.82. The van der Waals surface area contributed by atoms with Gasteiger partial charge in [-0.15, -0.1) is 0 Å². The third kappa shape index (κ3) is 4.04. The van der Waals surface area contributed by atoms with Crippen molar-refractivity contribution in [3.8, 4) is 0 Å². The Morgan fingerprint density at radius 2 is 2.06 bits per heavy atom. The van der Waals surface area contributed by atoms with Gasteiger partial charge in [-0.05, 0) is 38.1 Å². The Bertz CT molecular complexity index is 373. The van der Waals surface area contributed by atoms with Crippen molar-refractivity contribution in [2.45, 2.75) is 39.3 Å². The third-order valence-electron chi connectivity index (χ3n) is 2.87. The van der Waals surface area contributed by atoms with Crippen LogP contribution in [-0.4, -0.2) is 19.3 Å². The molecule has 0 radical (unpaired) electrons. The number of benzene rings is 1. The average Bonchev–Trinajstić information content (AvgIpc) is 2.37. The molecule has 1 aromatic rings. The van der Waals surface area contributed by atoms with E-state index >= 15 is 0 Å². The van der Waals surface area contributed by atoms with E-state index in [1.54, 1.807) is 6.07 Å². The van der Waals surface area contributed by atoms with Crippen LogP contribution in [0, 0.1) is 5.82 Å². The van der Waals surface area contributed by atoms with E-state index in [2.05, 4.69) is 28.2 Å². The van der Waals surface area contributed by atoms with Crippen molar-refractivity contribution in [3.05, 3.63) is 34.1 Å². The SMILES string of the molecule is CCNC(c1cc(Br)ccc1F)C(CC)OCC. The number of hydrogen-bond donors (Lipinski definition) is 1. The summed E-state index contributed by atoms with van der Waals surface area (Å²) in [4.78, 5) is 0. The van der Waals surface area contributed by atoms with Crippen LogP contribution in [0.4, 0.5) is 4.39 Å². The molecule has 1 aromatic carbocycles. The quantitative estimate of drug-likeness (QED) is 0.819. The molecular weight excluding hydrogens is 297 g/mol. The normalized spacial score (nSPS) is 14.5. The predicted octanol–water partition coefficient (Wildman–Crippen LogP) is 4.05. The minimum Gasteiger partial charge on any atom is -0.377 e. The number of ether oxygens (including phenoxy) is 1. The maximum atomic E-state index is 14.0. The van der Waals surface area contributed by atoms with Gasteiger partial charge in [0.05, 0.1) is 12.1 Å². The van der Waals surface area contributed by atoms with Gasteiger partial charge in [0.1, 0.15) is 5.82 Å². The first kappa shape index (κ1) is 15.6. The number of likely N-dealkylation sites (N-methyl/N-ethyl adjacent to an activating group) is 1. The predicted molar refractivity (Wildman–Crippen MR) is 76.2 cm³/mol. The monoisotopic (exact) mass is 317 g/mol. The van der Waals surface area contributed by atoms with E-state index in [-0.39, 0.29) is 18.0 Å². The summed E-state index contributed by atoms with van der Waals surface area (Å²) in [7, 11) is 0. The molecule has 2 nitrogen and oxygen atoms in total. The van der Waals surface area contributed by atoms with Crippen molar-refractivity contribution < 1.29 is 9.13 Å². The summed E-state index contributed by atoms with van der Waals surface area (Å²) in [6.07, 6.45) is 0.830. The minimum atomic E-state index is -0.192. The highest BCUT2D eigenvalue weighted by atomic mass is 79.9. The van der Waals surface area contributed by atoms with Gasteiger partial charge in [0.15, 0.2) is 0 Å². The molecule has 0 aliphatic heterocycles. The Hall–Kier alpha value is -0.450.